The van der Waals surface area contributed by atoms with Crippen molar-refractivity contribution < 1.29 is 39.0 Å². The van der Waals surface area contributed by atoms with Gasteiger partial charge in [-0.1, -0.05) is 57.1 Å². The van der Waals surface area contributed by atoms with Crippen LogP contribution in [0.3, 0.4) is 0 Å². The number of aliphatic carboxylic acids is 1. The summed E-state index contributed by atoms with van der Waals surface area (Å²) in [5.41, 5.74) is 1.75. The minimum atomic E-state index is -1.47. The van der Waals surface area contributed by atoms with E-state index >= 15 is 0 Å². The van der Waals surface area contributed by atoms with Crippen molar-refractivity contribution in [2.24, 2.45) is 7.05 Å². The van der Waals surface area contributed by atoms with Gasteiger partial charge in [0.2, 0.25) is 29.5 Å². The fraction of sp³-hybridized carbons (Fsp3) is 0.522. The van der Waals surface area contributed by atoms with E-state index in [1.54, 1.807) is 30.8 Å². The molecule has 2 aromatic carbocycles. The molecule has 6 N–H and O–H groups in total. The van der Waals surface area contributed by atoms with Crippen LogP contribution in [0.25, 0.3) is 22.6 Å². The van der Waals surface area contributed by atoms with E-state index in [0.29, 0.717) is 40.4 Å². The first-order valence-electron chi connectivity index (χ1n) is 22.3. The molecule has 3 heterocycles. The van der Waals surface area contributed by atoms with Gasteiger partial charge in [-0.2, -0.15) is 4.98 Å². The van der Waals surface area contributed by atoms with Crippen LogP contribution in [-0.2, 0) is 48.8 Å². The van der Waals surface area contributed by atoms with Crippen LogP contribution in [-0.4, -0.2) is 108 Å². The Labute approximate surface area is 376 Å². The van der Waals surface area contributed by atoms with Gasteiger partial charge in [0.1, 0.15) is 30.4 Å². The molecule has 3 aliphatic heterocycles. The van der Waals surface area contributed by atoms with E-state index in [0.717, 1.165) is 62.5 Å². The number of aromatic nitrogens is 4. The van der Waals surface area contributed by atoms with Crippen molar-refractivity contribution in [1.82, 2.24) is 45.3 Å². The molecule has 3 atom stereocenters. The SMILES string of the molecule is CNC(=O)CCCCCCCCCCCNC(=O)[C@H](CC(=O)O)NC(=O)[C@H](Cc1ccc(O)cc1)NC(=O)[C@@H]1CCCN1C(=O)Cn1c(=O)nc2n(C)c3cc(C)c(C)cc3nc-2c1=O. The van der Waals surface area contributed by atoms with E-state index < -0.39 is 71.9 Å². The summed E-state index contributed by atoms with van der Waals surface area (Å²) in [6.45, 7) is 3.51. The van der Waals surface area contributed by atoms with Crippen LogP contribution in [0.1, 0.15) is 100 Å². The Kier molecular flexibility index (Phi) is 17.7. The molecule has 0 aromatic heterocycles. The van der Waals surface area contributed by atoms with Crippen LogP contribution >= 0.6 is 0 Å². The quantitative estimate of drug-likeness (QED) is 0.0463. The van der Waals surface area contributed by atoms with Crippen LogP contribution in [0, 0.1) is 13.8 Å². The highest BCUT2D eigenvalue weighted by Gasteiger charge is 2.37. The molecule has 0 bridgehead atoms. The van der Waals surface area contributed by atoms with Crippen molar-refractivity contribution >= 4 is 46.5 Å². The average Bonchev–Trinajstić information content (AvgIpc) is 3.77. The zero-order valence-corrected chi connectivity index (χ0v) is 37.6. The van der Waals surface area contributed by atoms with E-state index in [-0.39, 0.29) is 49.1 Å². The topological polar surface area (TPSA) is 264 Å². The molecule has 1 fully saturated rings. The first-order chi connectivity index (χ1) is 31.1. The Balaban J connectivity index is 1.22. The predicted octanol–water partition coefficient (Wildman–Crippen LogP) is 2.36. The summed E-state index contributed by atoms with van der Waals surface area (Å²) >= 11 is 0. The van der Waals surface area contributed by atoms with Gasteiger partial charge in [-0.05, 0) is 80.5 Å². The third-order valence-electron chi connectivity index (χ3n) is 11.9. The number of unbranched alkanes of at least 4 members (excludes halogenated alkanes) is 8. The summed E-state index contributed by atoms with van der Waals surface area (Å²) in [6, 6.07) is 5.68. The summed E-state index contributed by atoms with van der Waals surface area (Å²) in [5, 5.41) is 30.0. The number of carbonyl (C=O) groups is 6. The van der Waals surface area contributed by atoms with Gasteiger partial charge in [0, 0.05) is 40.0 Å². The van der Waals surface area contributed by atoms with Crippen molar-refractivity contribution in [2.75, 3.05) is 20.1 Å². The van der Waals surface area contributed by atoms with Gasteiger partial charge in [-0.3, -0.25) is 33.6 Å². The number of aromatic hydroxyl groups is 1. The number of phenols is 1. The highest BCUT2D eigenvalue weighted by Crippen LogP contribution is 2.23. The molecule has 0 unspecified atom stereocenters. The van der Waals surface area contributed by atoms with Gasteiger partial charge in [-0.25, -0.2) is 14.3 Å². The number of amides is 5. The van der Waals surface area contributed by atoms with Gasteiger partial charge < -0.3 is 40.9 Å². The maximum atomic E-state index is 14.0. The second-order valence-corrected chi connectivity index (χ2v) is 16.8. The third kappa shape index (κ3) is 13.4. The number of nitrogens with one attached hydrogen (secondary N) is 4. The number of nitrogens with zero attached hydrogens (tertiary/aromatic N) is 5. The van der Waals surface area contributed by atoms with Crippen molar-refractivity contribution in [3.8, 4) is 17.3 Å². The molecule has 2 aromatic rings. The minimum Gasteiger partial charge on any atom is -0.508 e. The molecule has 19 nitrogen and oxygen atoms in total. The smallest absolute Gasteiger partial charge is 0.353 e. The highest BCUT2D eigenvalue weighted by atomic mass is 16.4. The molecule has 65 heavy (non-hydrogen) atoms. The lowest BCUT2D eigenvalue weighted by atomic mass is 10.0. The van der Waals surface area contributed by atoms with Gasteiger partial charge in [0.05, 0.1) is 17.5 Å². The third-order valence-corrected chi connectivity index (χ3v) is 11.9. The predicted molar refractivity (Wildman–Crippen MR) is 241 cm³/mol. The summed E-state index contributed by atoms with van der Waals surface area (Å²) in [4.78, 5) is 115. The first kappa shape index (κ1) is 49.4. The number of rotatable bonds is 23. The monoisotopic (exact) mass is 899 g/mol. The number of benzene rings is 2. The number of carboxylic acids is 1. The van der Waals surface area contributed by atoms with Gasteiger partial charge in [-0.15, -0.1) is 0 Å². The van der Waals surface area contributed by atoms with Crippen LogP contribution in [0.15, 0.2) is 46.0 Å². The van der Waals surface area contributed by atoms with E-state index in [2.05, 4.69) is 31.2 Å². The lowest BCUT2D eigenvalue weighted by Gasteiger charge is -2.27. The summed E-state index contributed by atoms with van der Waals surface area (Å²) in [7, 11) is 3.30. The largest absolute Gasteiger partial charge is 0.508 e. The van der Waals surface area contributed by atoms with Gasteiger partial charge >= 0.3 is 11.7 Å². The van der Waals surface area contributed by atoms with Crippen molar-refractivity contribution in [2.45, 2.75) is 128 Å². The number of aryl methyl sites for hydroxylation is 3. The summed E-state index contributed by atoms with van der Waals surface area (Å²) < 4.78 is 2.30. The Bertz CT molecular complexity index is 2450. The van der Waals surface area contributed by atoms with Crippen molar-refractivity contribution in [3.63, 3.8) is 0 Å². The summed E-state index contributed by atoms with van der Waals surface area (Å²) in [5.74, 6) is -4.22. The van der Waals surface area contributed by atoms with E-state index in [1.807, 2.05) is 26.0 Å². The number of phenolic OH excluding ortho intramolecular Hbond substituents is 1. The number of hydrogen-bond donors (Lipinski definition) is 6. The molecule has 3 aliphatic rings. The van der Waals surface area contributed by atoms with Gasteiger partial charge in [0.15, 0.2) is 11.5 Å². The second kappa shape index (κ2) is 23.3. The molecule has 19 heteroatoms. The Morgan fingerprint density at radius 1 is 0.831 bits per heavy atom. The first-order valence-corrected chi connectivity index (χ1v) is 22.3. The summed E-state index contributed by atoms with van der Waals surface area (Å²) in [6.07, 6.45) is 8.87. The molecule has 0 aliphatic carbocycles. The molecule has 0 radical (unpaired) electrons. The van der Waals surface area contributed by atoms with Crippen LogP contribution in [0.4, 0.5) is 0 Å². The molecule has 5 amide bonds. The Morgan fingerprint density at radius 2 is 1.48 bits per heavy atom. The number of fused-ring (bicyclic) bond motifs is 2. The van der Waals surface area contributed by atoms with Crippen LogP contribution in [0.5, 0.6) is 5.75 Å². The normalized spacial score (nSPS) is 14.5. The molecular weight excluding hydrogens is 839 g/mol. The number of carboxylic acid groups (broad SMARTS) is 1. The van der Waals surface area contributed by atoms with E-state index in [4.69, 9.17) is 0 Å². The molecule has 5 rings (SSSR count). The zero-order valence-electron chi connectivity index (χ0n) is 37.6. The number of hydrogen-bond acceptors (Lipinski definition) is 11. The maximum absolute atomic E-state index is 14.0. The van der Waals surface area contributed by atoms with Gasteiger partial charge in [0.25, 0.3) is 5.56 Å². The molecule has 0 saturated carbocycles. The second-order valence-electron chi connectivity index (χ2n) is 16.8. The van der Waals surface area contributed by atoms with Crippen molar-refractivity contribution in [3.05, 3.63) is 73.9 Å². The number of likely N-dealkylation sites (tertiary alicyclic amines) is 1. The van der Waals surface area contributed by atoms with E-state index in [1.165, 1.54) is 17.0 Å². The molecule has 0 spiro atoms. The molecular formula is C46H61N9O10. The number of carbonyl (C=O) groups excluding carboxylic acids is 5. The Morgan fingerprint density at radius 3 is 2.14 bits per heavy atom. The minimum absolute atomic E-state index is 0.0341. The fourth-order valence-corrected chi connectivity index (χ4v) is 8.04. The fourth-order valence-electron chi connectivity index (χ4n) is 8.04. The molecule has 1 saturated heterocycles. The lowest BCUT2D eigenvalue weighted by molar-refractivity contribution is -0.141. The lowest BCUT2D eigenvalue weighted by Crippen LogP contribution is -2.57. The average molecular weight is 900 g/mol. The zero-order chi connectivity index (χ0) is 47.2. The Hall–Kier alpha value is -6.66. The van der Waals surface area contributed by atoms with Crippen LogP contribution in [0.2, 0.25) is 0 Å². The van der Waals surface area contributed by atoms with E-state index in [9.17, 15) is 48.6 Å². The standard InChI is InChI=1S/C46H61N9O10/c1-28-23-32-36(24-29(28)2)53(4)41-40(49-32)45(64)55(46(65)52-41)27-38(58)54-22-14-15-35(54)44(63)51-33(25-30-17-19-31(56)20-18-30)43(62)50-34(26-39(59)60)42(61)48-21-13-11-9-7-5-6-8-10-12-16-37(57)47-3/h17-20,23-24,33-35,56H,5-16,21-22,25-27H2,1-4H3,(H,47,57)(H,48,61)(H,50,62)(H,51,63)(H,59,60)/t33-,34-,35-/m0/s1. The highest BCUT2D eigenvalue weighted by molar-refractivity contribution is 5.95. The maximum Gasteiger partial charge on any atom is 0.353 e. The van der Waals surface area contributed by atoms with Crippen molar-refractivity contribution in [1.29, 1.82) is 0 Å². The molecule has 350 valence electrons. The van der Waals surface area contributed by atoms with Crippen LogP contribution < -0.4 is 32.5 Å².